The van der Waals surface area contributed by atoms with Gasteiger partial charge in [-0.2, -0.15) is 5.10 Å². The second kappa shape index (κ2) is 9.21. The van der Waals surface area contributed by atoms with Crippen LogP contribution in [0.5, 0.6) is 11.5 Å². The lowest BCUT2D eigenvalue weighted by Gasteiger charge is -2.33. The molecule has 0 bridgehead atoms. The van der Waals surface area contributed by atoms with Gasteiger partial charge in [-0.05, 0) is 55.3 Å². The Balaban J connectivity index is 1.46. The lowest BCUT2D eigenvalue weighted by molar-refractivity contribution is -0.127. The van der Waals surface area contributed by atoms with Crippen molar-refractivity contribution >= 4 is 5.91 Å². The van der Waals surface area contributed by atoms with Gasteiger partial charge in [-0.1, -0.05) is 24.8 Å². The normalized spacial score (nSPS) is 20.2. The van der Waals surface area contributed by atoms with Crippen LogP contribution in [0.15, 0.2) is 67.3 Å². The van der Waals surface area contributed by atoms with Crippen molar-refractivity contribution in [2.45, 2.75) is 31.5 Å². The second-order valence-electron chi connectivity index (χ2n) is 8.56. The zero-order valence-corrected chi connectivity index (χ0v) is 18.6. The number of likely N-dealkylation sites (tertiary alicyclic amines) is 1. The Morgan fingerprint density at radius 1 is 1.15 bits per heavy atom. The molecule has 1 unspecified atom stereocenters. The number of nitrogens with two attached hydrogens (primary N) is 1. The SMILES string of the molecule is C=CC(=O)N1CCC[C@@H](n2nc(-c3ccc(Oc4ccccc4)cc3)c3c2CCNC3N)C1. The average Bonchev–Trinajstić information content (AvgIpc) is 3.26. The number of amides is 1. The van der Waals surface area contributed by atoms with Gasteiger partial charge in [0, 0.05) is 42.9 Å². The van der Waals surface area contributed by atoms with Gasteiger partial charge in [0.2, 0.25) is 5.91 Å². The molecule has 0 radical (unpaired) electrons. The van der Waals surface area contributed by atoms with Crippen LogP contribution in [-0.4, -0.2) is 40.2 Å². The maximum absolute atomic E-state index is 12.2. The van der Waals surface area contributed by atoms with Crippen molar-refractivity contribution in [1.29, 1.82) is 0 Å². The minimum atomic E-state index is -0.271. The fraction of sp³-hybridized carbons (Fsp3) is 0.308. The summed E-state index contributed by atoms with van der Waals surface area (Å²) in [5.74, 6) is 1.55. The number of para-hydroxylation sites is 1. The molecule has 0 spiro atoms. The van der Waals surface area contributed by atoms with E-state index in [0.29, 0.717) is 6.54 Å². The van der Waals surface area contributed by atoms with Gasteiger partial charge in [0.05, 0.1) is 17.9 Å². The van der Waals surface area contributed by atoms with Crippen molar-refractivity contribution in [3.63, 3.8) is 0 Å². The third-order valence-corrected chi connectivity index (χ3v) is 6.42. The number of hydrogen-bond donors (Lipinski definition) is 2. The first-order chi connectivity index (χ1) is 16.1. The van der Waals surface area contributed by atoms with Crippen molar-refractivity contribution in [3.8, 4) is 22.8 Å². The van der Waals surface area contributed by atoms with Gasteiger partial charge in [-0.15, -0.1) is 0 Å². The van der Waals surface area contributed by atoms with E-state index in [2.05, 4.69) is 16.6 Å². The summed E-state index contributed by atoms with van der Waals surface area (Å²) in [5.41, 5.74) is 10.6. The zero-order chi connectivity index (χ0) is 22.8. The summed E-state index contributed by atoms with van der Waals surface area (Å²) in [7, 11) is 0. The van der Waals surface area contributed by atoms with Crippen LogP contribution < -0.4 is 15.8 Å². The second-order valence-corrected chi connectivity index (χ2v) is 8.56. The summed E-state index contributed by atoms with van der Waals surface area (Å²) in [4.78, 5) is 14.1. The molecule has 170 valence electrons. The van der Waals surface area contributed by atoms with Gasteiger partial charge in [0.1, 0.15) is 11.5 Å². The van der Waals surface area contributed by atoms with Crippen LogP contribution in [0.2, 0.25) is 0 Å². The third-order valence-electron chi connectivity index (χ3n) is 6.42. The van der Waals surface area contributed by atoms with Gasteiger partial charge in [-0.3, -0.25) is 14.8 Å². The number of nitrogens with one attached hydrogen (secondary N) is 1. The molecule has 7 nitrogen and oxygen atoms in total. The fourth-order valence-corrected chi connectivity index (χ4v) is 4.81. The van der Waals surface area contributed by atoms with E-state index in [1.807, 2.05) is 59.5 Å². The lowest BCUT2D eigenvalue weighted by Crippen LogP contribution is -2.41. The van der Waals surface area contributed by atoms with Gasteiger partial charge >= 0.3 is 0 Å². The number of carbonyl (C=O) groups excluding carboxylic acids is 1. The highest BCUT2D eigenvalue weighted by Gasteiger charge is 2.32. The molecule has 1 fully saturated rings. The molecule has 3 aromatic rings. The van der Waals surface area contributed by atoms with E-state index in [4.69, 9.17) is 15.6 Å². The Morgan fingerprint density at radius 3 is 2.67 bits per heavy atom. The number of benzene rings is 2. The van der Waals surface area contributed by atoms with Crippen molar-refractivity contribution < 1.29 is 9.53 Å². The van der Waals surface area contributed by atoms with Crippen LogP contribution in [-0.2, 0) is 11.2 Å². The number of piperidine rings is 1. The molecule has 2 aliphatic heterocycles. The lowest BCUT2D eigenvalue weighted by atomic mass is 9.98. The Kier molecular flexibility index (Phi) is 5.98. The predicted molar refractivity (Wildman–Crippen MR) is 128 cm³/mol. The van der Waals surface area contributed by atoms with Crippen LogP contribution in [0.4, 0.5) is 0 Å². The highest BCUT2D eigenvalue weighted by Crippen LogP contribution is 2.35. The molecule has 1 aromatic heterocycles. The van der Waals surface area contributed by atoms with Crippen LogP contribution in [0.25, 0.3) is 11.3 Å². The average molecular weight is 444 g/mol. The summed E-state index contributed by atoms with van der Waals surface area (Å²) < 4.78 is 8.07. The summed E-state index contributed by atoms with van der Waals surface area (Å²) in [6.07, 6.45) is 3.92. The smallest absolute Gasteiger partial charge is 0.246 e. The van der Waals surface area contributed by atoms with Crippen LogP contribution in [0.3, 0.4) is 0 Å². The van der Waals surface area contributed by atoms with Crippen LogP contribution in [0, 0.1) is 0 Å². The number of carbonyl (C=O) groups is 1. The Morgan fingerprint density at radius 2 is 1.91 bits per heavy atom. The molecule has 2 aliphatic rings. The van der Waals surface area contributed by atoms with Crippen LogP contribution in [0.1, 0.15) is 36.3 Å². The highest BCUT2D eigenvalue weighted by atomic mass is 16.5. The number of nitrogens with zero attached hydrogens (tertiary/aromatic N) is 3. The predicted octanol–water partition coefficient (Wildman–Crippen LogP) is 3.79. The summed E-state index contributed by atoms with van der Waals surface area (Å²) in [6.45, 7) is 5.86. The number of rotatable bonds is 5. The Bertz CT molecular complexity index is 1140. The fourth-order valence-electron chi connectivity index (χ4n) is 4.81. The summed E-state index contributed by atoms with van der Waals surface area (Å²) in [6, 6.07) is 17.8. The van der Waals surface area contributed by atoms with E-state index in [1.54, 1.807) is 0 Å². The molecule has 1 saturated heterocycles. The molecule has 2 aromatic carbocycles. The van der Waals surface area contributed by atoms with E-state index >= 15 is 0 Å². The van der Waals surface area contributed by atoms with Crippen molar-refractivity contribution in [3.05, 3.63) is 78.5 Å². The molecule has 1 amide bonds. The van der Waals surface area contributed by atoms with E-state index < -0.39 is 0 Å². The zero-order valence-electron chi connectivity index (χ0n) is 18.6. The van der Waals surface area contributed by atoms with Crippen molar-refractivity contribution in [2.75, 3.05) is 19.6 Å². The first kappa shape index (κ1) is 21.4. The minimum Gasteiger partial charge on any atom is -0.457 e. The highest BCUT2D eigenvalue weighted by molar-refractivity contribution is 5.87. The number of ether oxygens (including phenoxy) is 1. The number of aromatic nitrogens is 2. The van der Waals surface area contributed by atoms with Gasteiger partial charge in [-0.25, -0.2) is 0 Å². The molecule has 5 rings (SSSR count). The van der Waals surface area contributed by atoms with Crippen LogP contribution >= 0.6 is 0 Å². The first-order valence-electron chi connectivity index (χ1n) is 11.5. The Labute approximate surface area is 193 Å². The number of hydrogen-bond acceptors (Lipinski definition) is 5. The maximum Gasteiger partial charge on any atom is 0.246 e. The third kappa shape index (κ3) is 4.29. The first-order valence-corrected chi connectivity index (χ1v) is 11.5. The molecule has 0 aliphatic carbocycles. The van der Waals surface area contributed by atoms with E-state index in [-0.39, 0.29) is 18.1 Å². The summed E-state index contributed by atoms with van der Waals surface area (Å²) in [5, 5.41) is 8.43. The van der Waals surface area contributed by atoms with E-state index in [0.717, 1.165) is 60.7 Å². The van der Waals surface area contributed by atoms with Gasteiger partial charge in [0.15, 0.2) is 0 Å². The number of fused-ring (bicyclic) bond motifs is 1. The molecule has 33 heavy (non-hydrogen) atoms. The van der Waals surface area contributed by atoms with E-state index in [1.165, 1.54) is 11.8 Å². The van der Waals surface area contributed by atoms with Gasteiger partial charge < -0.3 is 15.4 Å². The quantitative estimate of drug-likeness (QED) is 0.586. The molecule has 0 saturated carbocycles. The van der Waals surface area contributed by atoms with Crippen molar-refractivity contribution in [2.24, 2.45) is 5.73 Å². The molecular formula is C26H29N5O2. The molecule has 3 heterocycles. The molecule has 7 heteroatoms. The monoisotopic (exact) mass is 443 g/mol. The molecule has 3 N–H and O–H groups in total. The molecular weight excluding hydrogens is 414 g/mol. The van der Waals surface area contributed by atoms with Gasteiger partial charge in [0.25, 0.3) is 0 Å². The minimum absolute atomic E-state index is 0.0201. The van der Waals surface area contributed by atoms with Crippen molar-refractivity contribution in [1.82, 2.24) is 20.0 Å². The topological polar surface area (TPSA) is 85.4 Å². The standard InChI is InChI=1S/C26H29N5O2/c1-2-23(32)30-16-6-7-19(17-30)31-22-14-15-28-26(27)24(22)25(29-31)18-10-12-21(13-11-18)33-20-8-4-3-5-9-20/h2-5,8-13,19,26,28H,1,6-7,14-17,27H2/t19-,26?/m1/s1. The molecule has 2 atom stereocenters. The van der Waals surface area contributed by atoms with E-state index in [9.17, 15) is 4.79 Å². The largest absolute Gasteiger partial charge is 0.457 e. The summed E-state index contributed by atoms with van der Waals surface area (Å²) >= 11 is 0. The maximum atomic E-state index is 12.2. The Hall–Kier alpha value is -3.42.